The molecule has 0 amide bonds. The summed E-state index contributed by atoms with van der Waals surface area (Å²) in [5, 5.41) is 21.5. The Bertz CT molecular complexity index is 662. The summed E-state index contributed by atoms with van der Waals surface area (Å²) in [6.45, 7) is 0. The van der Waals surface area contributed by atoms with Crippen LogP contribution in [0.25, 0.3) is 0 Å². The Morgan fingerprint density at radius 2 is 1.04 bits per heavy atom. The second kappa shape index (κ2) is 6.16. The van der Waals surface area contributed by atoms with Crippen LogP contribution in [0.15, 0.2) is 48.5 Å². The standard InChI is InChI=1S/C17H16N2O4/c20-18(21)14-8-4-12(5-9-14)16-2-1-3-17(16)13-6-10-15(11-7-13)19(22)23/h4-11,16-17H,1-3H2/t16-,17+. The average molecular weight is 312 g/mol. The van der Waals surface area contributed by atoms with Gasteiger partial charge in [0, 0.05) is 24.3 Å². The smallest absolute Gasteiger partial charge is 0.258 e. The van der Waals surface area contributed by atoms with E-state index in [1.165, 1.54) is 0 Å². The van der Waals surface area contributed by atoms with Crippen molar-refractivity contribution in [1.29, 1.82) is 0 Å². The molecule has 6 heteroatoms. The fraction of sp³-hybridized carbons (Fsp3) is 0.294. The lowest BCUT2D eigenvalue weighted by Gasteiger charge is -2.20. The van der Waals surface area contributed by atoms with E-state index in [-0.39, 0.29) is 11.4 Å². The van der Waals surface area contributed by atoms with E-state index in [1.54, 1.807) is 24.3 Å². The Morgan fingerprint density at radius 3 is 1.35 bits per heavy atom. The molecule has 0 spiro atoms. The quantitative estimate of drug-likeness (QED) is 0.612. The van der Waals surface area contributed by atoms with E-state index in [2.05, 4.69) is 0 Å². The van der Waals surface area contributed by atoms with Gasteiger partial charge in [0.05, 0.1) is 9.85 Å². The number of benzene rings is 2. The van der Waals surface area contributed by atoms with Gasteiger partial charge in [0.25, 0.3) is 11.4 Å². The second-order valence-corrected chi connectivity index (χ2v) is 5.84. The zero-order chi connectivity index (χ0) is 16.4. The summed E-state index contributed by atoms with van der Waals surface area (Å²) in [7, 11) is 0. The van der Waals surface area contributed by atoms with Gasteiger partial charge in [-0.3, -0.25) is 20.2 Å². The lowest BCUT2D eigenvalue weighted by atomic mass is 9.84. The molecular formula is C17H16N2O4. The molecule has 1 fully saturated rings. The van der Waals surface area contributed by atoms with E-state index in [9.17, 15) is 20.2 Å². The first-order valence-electron chi connectivity index (χ1n) is 7.55. The van der Waals surface area contributed by atoms with Crippen LogP contribution in [0.2, 0.25) is 0 Å². The highest BCUT2D eigenvalue weighted by Crippen LogP contribution is 2.46. The molecular weight excluding hydrogens is 296 g/mol. The van der Waals surface area contributed by atoms with Crippen LogP contribution >= 0.6 is 0 Å². The minimum absolute atomic E-state index is 0.0960. The molecule has 2 atom stereocenters. The van der Waals surface area contributed by atoms with Crippen molar-refractivity contribution in [3.05, 3.63) is 79.9 Å². The third-order valence-electron chi connectivity index (χ3n) is 4.58. The van der Waals surface area contributed by atoms with Gasteiger partial charge in [-0.1, -0.05) is 30.7 Å². The molecule has 0 bridgehead atoms. The third-order valence-corrected chi connectivity index (χ3v) is 4.58. The van der Waals surface area contributed by atoms with Crippen molar-refractivity contribution in [2.24, 2.45) is 0 Å². The summed E-state index contributed by atoms with van der Waals surface area (Å²) in [6.07, 6.45) is 3.14. The highest BCUT2D eigenvalue weighted by molar-refractivity contribution is 5.39. The van der Waals surface area contributed by atoms with Crippen molar-refractivity contribution in [1.82, 2.24) is 0 Å². The summed E-state index contributed by atoms with van der Waals surface area (Å²) < 4.78 is 0. The van der Waals surface area contributed by atoms with Crippen LogP contribution in [0, 0.1) is 20.2 Å². The molecule has 6 nitrogen and oxygen atoms in total. The minimum Gasteiger partial charge on any atom is -0.258 e. The van der Waals surface area contributed by atoms with Gasteiger partial charge in [-0.15, -0.1) is 0 Å². The Morgan fingerprint density at radius 1 is 0.696 bits per heavy atom. The van der Waals surface area contributed by atoms with Crippen LogP contribution in [-0.4, -0.2) is 9.85 Å². The van der Waals surface area contributed by atoms with Crippen molar-refractivity contribution < 1.29 is 9.85 Å². The van der Waals surface area contributed by atoms with Gasteiger partial charge in [-0.25, -0.2) is 0 Å². The number of nitro groups is 2. The van der Waals surface area contributed by atoms with Gasteiger partial charge in [0.1, 0.15) is 0 Å². The first-order chi connectivity index (χ1) is 11.1. The molecule has 1 aliphatic carbocycles. The zero-order valence-corrected chi connectivity index (χ0v) is 12.4. The first-order valence-corrected chi connectivity index (χ1v) is 7.55. The van der Waals surface area contributed by atoms with Gasteiger partial charge < -0.3 is 0 Å². The van der Waals surface area contributed by atoms with Crippen LogP contribution in [-0.2, 0) is 0 Å². The maximum Gasteiger partial charge on any atom is 0.269 e. The minimum atomic E-state index is -0.397. The molecule has 23 heavy (non-hydrogen) atoms. The van der Waals surface area contributed by atoms with Gasteiger partial charge >= 0.3 is 0 Å². The normalized spacial score (nSPS) is 20.3. The molecule has 2 aromatic carbocycles. The number of nitrogens with zero attached hydrogens (tertiary/aromatic N) is 2. The summed E-state index contributed by atoms with van der Waals surface area (Å²) >= 11 is 0. The number of rotatable bonds is 4. The molecule has 1 saturated carbocycles. The SMILES string of the molecule is O=[N+]([O-])c1ccc([C@H]2CCC[C@H]2c2ccc([N+](=O)[O-])cc2)cc1. The molecule has 1 aliphatic rings. The number of hydrogen-bond donors (Lipinski definition) is 0. The van der Waals surface area contributed by atoms with Crippen molar-refractivity contribution in [2.45, 2.75) is 31.1 Å². The molecule has 0 unspecified atom stereocenters. The van der Waals surface area contributed by atoms with Crippen LogP contribution in [0.4, 0.5) is 11.4 Å². The second-order valence-electron chi connectivity index (χ2n) is 5.84. The van der Waals surface area contributed by atoms with E-state index in [4.69, 9.17) is 0 Å². The molecule has 118 valence electrons. The van der Waals surface area contributed by atoms with Crippen molar-refractivity contribution in [3.63, 3.8) is 0 Å². The van der Waals surface area contributed by atoms with Gasteiger partial charge in [0.15, 0.2) is 0 Å². The molecule has 0 saturated heterocycles. The maximum atomic E-state index is 10.8. The molecule has 0 heterocycles. The maximum absolute atomic E-state index is 10.8. The summed E-state index contributed by atoms with van der Waals surface area (Å²) in [6, 6.07) is 13.5. The van der Waals surface area contributed by atoms with Gasteiger partial charge in [0.2, 0.25) is 0 Å². The molecule has 0 aliphatic heterocycles. The molecule has 0 radical (unpaired) electrons. The molecule has 3 rings (SSSR count). The average Bonchev–Trinajstić information content (AvgIpc) is 3.04. The van der Waals surface area contributed by atoms with Crippen LogP contribution in [0.1, 0.15) is 42.2 Å². The third kappa shape index (κ3) is 3.06. The number of hydrogen-bond acceptors (Lipinski definition) is 4. The lowest BCUT2D eigenvalue weighted by Crippen LogP contribution is -2.05. The fourth-order valence-electron chi connectivity index (χ4n) is 3.44. The number of nitro benzene ring substituents is 2. The highest BCUT2D eigenvalue weighted by atomic mass is 16.6. The first kappa shape index (κ1) is 15.1. The van der Waals surface area contributed by atoms with Crippen LogP contribution < -0.4 is 0 Å². The van der Waals surface area contributed by atoms with Crippen molar-refractivity contribution in [2.75, 3.05) is 0 Å². The van der Waals surface area contributed by atoms with Crippen LogP contribution in [0.5, 0.6) is 0 Å². The van der Waals surface area contributed by atoms with Crippen molar-refractivity contribution in [3.8, 4) is 0 Å². The van der Waals surface area contributed by atoms with Crippen molar-refractivity contribution >= 4 is 11.4 Å². The monoisotopic (exact) mass is 312 g/mol. The van der Waals surface area contributed by atoms with E-state index >= 15 is 0 Å². The van der Waals surface area contributed by atoms with Gasteiger partial charge in [-0.2, -0.15) is 0 Å². The predicted octanol–water partition coefficient (Wildman–Crippen LogP) is 4.55. The molecule has 0 N–H and O–H groups in total. The van der Waals surface area contributed by atoms with E-state index in [0.717, 1.165) is 30.4 Å². The van der Waals surface area contributed by atoms with E-state index in [0.29, 0.717) is 11.8 Å². The van der Waals surface area contributed by atoms with Crippen LogP contribution in [0.3, 0.4) is 0 Å². The zero-order valence-electron chi connectivity index (χ0n) is 12.4. The summed E-state index contributed by atoms with van der Waals surface area (Å²) in [5.74, 6) is 0.606. The largest absolute Gasteiger partial charge is 0.269 e. The summed E-state index contributed by atoms with van der Waals surface area (Å²) in [5.41, 5.74) is 2.38. The topological polar surface area (TPSA) is 86.3 Å². The highest BCUT2D eigenvalue weighted by Gasteiger charge is 2.30. The van der Waals surface area contributed by atoms with E-state index in [1.807, 2.05) is 24.3 Å². The Hall–Kier alpha value is -2.76. The number of non-ortho nitro benzene ring substituents is 2. The predicted molar refractivity (Wildman–Crippen MR) is 85.5 cm³/mol. The Balaban J connectivity index is 1.84. The Kier molecular flexibility index (Phi) is 4.06. The fourth-order valence-corrected chi connectivity index (χ4v) is 3.44. The lowest BCUT2D eigenvalue weighted by molar-refractivity contribution is -0.385. The van der Waals surface area contributed by atoms with E-state index < -0.39 is 9.85 Å². The summed E-state index contributed by atoms with van der Waals surface area (Å²) in [4.78, 5) is 20.7. The molecule has 0 aromatic heterocycles. The molecule has 2 aromatic rings. The van der Waals surface area contributed by atoms with Gasteiger partial charge in [-0.05, 0) is 35.8 Å². The Labute approximate surface area is 133 Å².